The molecule has 1 aliphatic carbocycles. The molecule has 1 N–H and O–H groups in total. The Bertz CT molecular complexity index is 285. The molecule has 0 aromatic heterocycles. The lowest BCUT2D eigenvalue weighted by molar-refractivity contribution is -0.324. The molecule has 1 rings (SSSR count). The summed E-state index contributed by atoms with van der Waals surface area (Å²) in [4.78, 5) is 0. The van der Waals surface area contributed by atoms with Crippen LogP contribution in [-0.4, -0.2) is 23.2 Å². The van der Waals surface area contributed by atoms with Gasteiger partial charge < -0.3 is 9.84 Å². The van der Waals surface area contributed by atoms with Gasteiger partial charge in [-0.05, 0) is 32.6 Å². The lowest BCUT2D eigenvalue weighted by atomic mass is 9.83. The third kappa shape index (κ3) is 3.43. The highest BCUT2D eigenvalue weighted by Gasteiger charge is 2.57. The van der Waals surface area contributed by atoms with Gasteiger partial charge in [-0.3, -0.25) is 0 Å². The summed E-state index contributed by atoms with van der Waals surface area (Å²) in [7, 11) is 0. The Balaban J connectivity index is 2.85. The summed E-state index contributed by atoms with van der Waals surface area (Å²) in [5.74, 6) is 0. The molecule has 5 heteroatoms. The summed E-state index contributed by atoms with van der Waals surface area (Å²) in [6.07, 6.45) is -1.99. The Morgan fingerprint density at radius 3 is 2.11 bits per heavy atom. The maximum Gasteiger partial charge on any atom is 0.399 e. The van der Waals surface area contributed by atoms with E-state index in [2.05, 4.69) is 0 Å². The van der Waals surface area contributed by atoms with E-state index in [-0.39, 0.29) is 6.42 Å². The summed E-state index contributed by atoms with van der Waals surface area (Å²) in [6.45, 7) is 4.64. The van der Waals surface area contributed by atoms with Gasteiger partial charge in [0.05, 0.1) is 5.60 Å². The number of hydrogen-bond donors (Lipinski definition) is 1. The molecule has 114 valence electrons. The molecule has 0 aliphatic heterocycles. The highest BCUT2D eigenvalue weighted by atomic mass is 19.4. The molecule has 19 heavy (non-hydrogen) atoms. The minimum absolute atomic E-state index is 0.128. The molecule has 0 radical (unpaired) electrons. The Morgan fingerprint density at radius 1 is 1.21 bits per heavy atom. The molecular weight excluding hydrogens is 257 g/mol. The Labute approximate surface area is 113 Å². The molecule has 0 heterocycles. The first-order chi connectivity index (χ1) is 8.71. The van der Waals surface area contributed by atoms with Crippen LogP contribution < -0.4 is 0 Å². The summed E-state index contributed by atoms with van der Waals surface area (Å²) in [5.41, 5.74) is -2.76. The van der Waals surface area contributed by atoms with Gasteiger partial charge in [-0.2, -0.15) is 13.2 Å². The molecule has 1 aliphatic rings. The maximum absolute atomic E-state index is 13.2. The van der Waals surface area contributed by atoms with Crippen molar-refractivity contribution in [2.75, 3.05) is 0 Å². The van der Waals surface area contributed by atoms with Crippen molar-refractivity contribution >= 4 is 0 Å². The summed E-state index contributed by atoms with van der Waals surface area (Å²) >= 11 is 0. The van der Waals surface area contributed by atoms with Crippen molar-refractivity contribution in [2.45, 2.75) is 83.8 Å². The van der Waals surface area contributed by atoms with Gasteiger partial charge in [0.1, 0.15) is 5.41 Å². The molecule has 0 aromatic rings. The van der Waals surface area contributed by atoms with E-state index in [9.17, 15) is 18.3 Å². The van der Waals surface area contributed by atoms with E-state index in [0.29, 0.717) is 12.8 Å². The summed E-state index contributed by atoms with van der Waals surface area (Å²) < 4.78 is 45.1. The van der Waals surface area contributed by atoms with Gasteiger partial charge in [0.25, 0.3) is 0 Å². The smallest absolute Gasteiger partial charge is 0.367 e. The fourth-order valence-electron chi connectivity index (χ4n) is 2.87. The quantitative estimate of drug-likeness (QED) is 0.731. The largest absolute Gasteiger partial charge is 0.399 e. The van der Waals surface area contributed by atoms with E-state index < -0.39 is 23.5 Å². The fraction of sp³-hybridized carbons (Fsp3) is 1.00. The second-order valence-corrected chi connectivity index (χ2v) is 5.88. The molecule has 0 spiro atoms. The number of rotatable bonds is 6. The van der Waals surface area contributed by atoms with Gasteiger partial charge in [0.2, 0.25) is 0 Å². The first kappa shape index (κ1) is 16.8. The van der Waals surface area contributed by atoms with Crippen molar-refractivity contribution in [2.24, 2.45) is 5.41 Å². The van der Waals surface area contributed by atoms with Crippen molar-refractivity contribution in [1.29, 1.82) is 0 Å². The third-order valence-corrected chi connectivity index (χ3v) is 4.48. The Morgan fingerprint density at radius 2 is 1.74 bits per heavy atom. The van der Waals surface area contributed by atoms with Crippen LogP contribution in [0.5, 0.6) is 0 Å². The van der Waals surface area contributed by atoms with Crippen molar-refractivity contribution < 1.29 is 23.0 Å². The van der Waals surface area contributed by atoms with E-state index >= 15 is 0 Å². The average molecular weight is 282 g/mol. The molecule has 1 saturated carbocycles. The topological polar surface area (TPSA) is 29.5 Å². The second-order valence-electron chi connectivity index (χ2n) is 5.88. The van der Waals surface area contributed by atoms with Gasteiger partial charge in [-0.25, -0.2) is 0 Å². The van der Waals surface area contributed by atoms with Crippen LogP contribution >= 0.6 is 0 Å². The average Bonchev–Trinajstić information content (AvgIpc) is 2.77. The normalized spacial score (nSPS) is 24.2. The zero-order valence-corrected chi connectivity index (χ0v) is 12.0. The maximum atomic E-state index is 13.2. The lowest BCUT2D eigenvalue weighted by Crippen LogP contribution is -2.50. The van der Waals surface area contributed by atoms with Crippen LogP contribution in [0.15, 0.2) is 0 Å². The number of alkyl halides is 3. The molecular formula is C14H25F3O2. The van der Waals surface area contributed by atoms with Crippen LogP contribution in [0, 0.1) is 5.41 Å². The molecule has 0 aromatic carbocycles. The van der Waals surface area contributed by atoms with Gasteiger partial charge in [0.15, 0.2) is 6.29 Å². The second kappa shape index (κ2) is 6.00. The predicted molar refractivity (Wildman–Crippen MR) is 67.7 cm³/mol. The van der Waals surface area contributed by atoms with Gasteiger partial charge in [0, 0.05) is 0 Å². The van der Waals surface area contributed by atoms with E-state index in [4.69, 9.17) is 4.74 Å². The van der Waals surface area contributed by atoms with Crippen molar-refractivity contribution in [1.82, 2.24) is 0 Å². The van der Waals surface area contributed by atoms with Gasteiger partial charge in [-0.15, -0.1) is 0 Å². The first-order valence-corrected chi connectivity index (χ1v) is 7.13. The van der Waals surface area contributed by atoms with Crippen molar-refractivity contribution in [3.8, 4) is 0 Å². The van der Waals surface area contributed by atoms with Crippen molar-refractivity contribution in [3.63, 3.8) is 0 Å². The molecule has 0 amide bonds. The highest BCUT2D eigenvalue weighted by Crippen LogP contribution is 2.47. The number of halogens is 3. The zero-order chi connectivity index (χ0) is 14.7. The van der Waals surface area contributed by atoms with E-state index in [1.807, 2.05) is 6.92 Å². The Kier molecular flexibility index (Phi) is 5.29. The number of hydrogen-bond acceptors (Lipinski definition) is 2. The van der Waals surface area contributed by atoms with Crippen LogP contribution in [-0.2, 0) is 4.74 Å². The number of aliphatic hydroxyl groups is 1. The van der Waals surface area contributed by atoms with Crippen molar-refractivity contribution in [3.05, 3.63) is 0 Å². The standard InChI is InChI=1S/C14H25F3O2/c1-4-8-12(3,14(15,16)17)11(18)19-13(5-2)9-6-7-10-13/h11,18H,4-10H2,1-3H3. The number of ether oxygens (including phenoxy) is 1. The zero-order valence-electron chi connectivity index (χ0n) is 12.0. The third-order valence-electron chi connectivity index (χ3n) is 4.48. The molecule has 0 saturated heterocycles. The molecule has 2 atom stereocenters. The van der Waals surface area contributed by atoms with Crippen LogP contribution in [0.25, 0.3) is 0 Å². The van der Waals surface area contributed by atoms with Gasteiger partial charge in [-0.1, -0.05) is 33.1 Å². The molecule has 2 nitrogen and oxygen atoms in total. The predicted octanol–water partition coefficient (Wildman–Crippen LogP) is 4.41. The fourth-order valence-corrected chi connectivity index (χ4v) is 2.87. The summed E-state index contributed by atoms with van der Waals surface area (Å²) in [5, 5.41) is 10.0. The SMILES string of the molecule is CCCC(C)(C(O)OC1(CC)CCCC1)C(F)(F)F. The van der Waals surface area contributed by atoms with E-state index in [1.54, 1.807) is 6.92 Å². The number of aliphatic hydroxyl groups excluding tert-OH is 1. The van der Waals surface area contributed by atoms with E-state index in [0.717, 1.165) is 32.6 Å². The first-order valence-electron chi connectivity index (χ1n) is 7.13. The van der Waals surface area contributed by atoms with Crippen LogP contribution in [0.3, 0.4) is 0 Å². The van der Waals surface area contributed by atoms with Crippen LogP contribution in [0.2, 0.25) is 0 Å². The lowest BCUT2D eigenvalue weighted by Gasteiger charge is -2.40. The highest BCUT2D eigenvalue weighted by molar-refractivity contribution is 4.90. The van der Waals surface area contributed by atoms with Crippen LogP contribution in [0.4, 0.5) is 13.2 Å². The molecule has 1 fully saturated rings. The van der Waals surface area contributed by atoms with E-state index in [1.165, 1.54) is 0 Å². The van der Waals surface area contributed by atoms with Gasteiger partial charge >= 0.3 is 6.18 Å². The minimum Gasteiger partial charge on any atom is -0.367 e. The Hall–Kier alpha value is -0.290. The monoisotopic (exact) mass is 282 g/mol. The summed E-state index contributed by atoms with van der Waals surface area (Å²) in [6, 6.07) is 0. The molecule has 0 bridgehead atoms. The molecule has 2 unspecified atom stereocenters. The minimum atomic E-state index is -4.46. The van der Waals surface area contributed by atoms with Crippen LogP contribution in [0.1, 0.15) is 65.7 Å².